The summed E-state index contributed by atoms with van der Waals surface area (Å²) in [5, 5.41) is 3.49. The van der Waals surface area contributed by atoms with Gasteiger partial charge in [-0.3, -0.25) is 0 Å². The maximum absolute atomic E-state index is 4.10. The number of thiophene rings is 1. The molecule has 2 aromatic heterocycles. The molecule has 4 heteroatoms. The van der Waals surface area contributed by atoms with Gasteiger partial charge >= 0.3 is 0 Å². The zero-order valence-corrected chi connectivity index (χ0v) is 11.5. The summed E-state index contributed by atoms with van der Waals surface area (Å²) < 4.78 is 2.02. The van der Waals surface area contributed by atoms with Crippen LogP contribution in [0.4, 0.5) is 5.69 Å². The van der Waals surface area contributed by atoms with Gasteiger partial charge in [0.05, 0.1) is 17.7 Å². The largest absolute Gasteiger partial charge is 0.378 e. The van der Waals surface area contributed by atoms with E-state index in [2.05, 4.69) is 41.5 Å². The van der Waals surface area contributed by atoms with Gasteiger partial charge in [-0.05, 0) is 31.2 Å². The number of benzene rings is 1. The lowest BCUT2D eigenvalue weighted by Gasteiger charge is -2.11. The molecular formula is C15H15N3S. The van der Waals surface area contributed by atoms with E-state index in [0.29, 0.717) is 0 Å². The predicted molar refractivity (Wildman–Crippen MR) is 79.9 cm³/mol. The first-order chi connectivity index (χ1) is 9.33. The molecule has 2 heterocycles. The fraction of sp³-hybridized carbons (Fsp3) is 0.133. The van der Waals surface area contributed by atoms with Gasteiger partial charge in [-0.25, -0.2) is 4.98 Å². The fourth-order valence-electron chi connectivity index (χ4n) is 2.01. The van der Waals surface area contributed by atoms with Crippen LogP contribution in [-0.2, 0) is 6.54 Å². The van der Waals surface area contributed by atoms with E-state index in [4.69, 9.17) is 0 Å². The Morgan fingerprint density at radius 2 is 2.11 bits per heavy atom. The summed E-state index contributed by atoms with van der Waals surface area (Å²) in [4.78, 5) is 6.79. The van der Waals surface area contributed by atoms with E-state index >= 15 is 0 Å². The zero-order valence-electron chi connectivity index (χ0n) is 10.7. The first-order valence-electron chi connectivity index (χ1n) is 6.19. The van der Waals surface area contributed by atoms with Gasteiger partial charge < -0.3 is 9.88 Å². The van der Waals surface area contributed by atoms with Crippen LogP contribution in [0.15, 0.2) is 55.1 Å². The third-order valence-corrected chi connectivity index (χ3v) is 3.94. The SMILES string of the molecule is Cc1ccc(CNc2ccccc2-n2ccnc2)s1. The minimum Gasteiger partial charge on any atom is -0.378 e. The molecule has 1 N–H and O–H groups in total. The van der Waals surface area contributed by atoms with Crippen molar-refractivity contribution in [2.75, 3.05) is 5.32 Å². The van der Waals surface area contributed by atoms with Gasteiger partial charge in [-0.15, -0.1) is 11.3 Å². The van der Waals surface area contributed by atoms with Crippen LogP contribution < -0.4 is 5.32 Å². The average Bonchev–Trinajstić information content (AvgIpc) is 3.08. The number of aryl methyl sites for hydroxylation is 1. The highest BCUT2D eigenvalue weighted by Crippen LogP contribution is 2.22. The maximum Gasteiger partial charge on any atom is 0.0992 e. The fourth-order valence-corrected chi connectivity index (χ4v) is 2.84. The van der Waals surface area contributed by atoms with Crippen molar-refractivity contribution >= 4 is 17.0 Å². The van der Waals surface area contributed by atoms with Gasteiger partial charge in [0, 0.05) is 28.7 Å². The number of hydrogen-bond donors (Lipinski definition) is 1. The molecule has 0 unspecified atom stereocenters. The average molecular weight is 269 g/mol. The molecule has 0 atom stereocenters. The lowest BCUT2D eigenvalue weighted by Crippen LogP contribution is -2.02. The lowest BCUT2D eigenvalue weighted by molar-refractivity contribution is 1.05. The molecule has 3 nitrogen and oxygen atoms in total. The van der Waals surface area contributed by atoms with Gasteiger partial charge in [-0.1, -0.05) is 12.1 Å². The zero-order chi connectivity index (χ0) is 13.1. The summed E-state index contributed by atoms with van der Waals surface area (Å²) in [6.45, 7) is 2.98. The van der Waals surface area contributed by atoms with E-state index in [1.165, 1.54) is 9.75 Å². The normalized spacial score (nSPS) is 10.6. The molecule has 19 heavy (non-hydrogen) atoms. The second-order valence-electron chi connectivity index (χ2n) is 4.35. The van der Waals surface area contributed by atoms with E-state index in [1.54, 1.807) is 6.20 Å². The third kappa shape index (κ3) is 2.69. The molecule has 0 saturated carbocycles. The highest BCUT2D eigenvalue weighted by molar-refractivity contribution is 7.11. The second-order valence-corrected chi connectivity index (χ2v) is 5.73. The topological polar surface area (TPSA) is 29.9 Å². The van der Waals surface area contributed by atoms with E-state index in [0.717, 1.165) is 17.9 Å². The quantitative estimate of drug-likeness (QED) is 0.779. The van der Waals surface area contributed by atoms with E-state index in [1.807, 2.05) is 40.6 Å². The lowest BCUT2D eigenvalue weighted by atomic mass is 10.2. The molecule has 0 aliphatic carbocycles. The van der Waals surface area contributed by atoms with Crippen LogP contribution in [0.1, 0.15) is 9.75 Å². The molecule has 0 radical (unpaired) electrons. The second kappa shape index (κ2) is 5.28. The number of aromatic nitrogens is 2. The number of imidazole rings is 1. The molecule has 0 amide bonds. The molecule has 0 aliphatic rings. The Morgan fingerprint density at radius 1 is 1.21 bits per heavy atom. The van der Waals surface area contributed by atoms with Crippen molar-refractivity contribution < 1.29 is 0 Å². The standard InChI is InChI=1S/C15H15N3S/c1-12-6-7-13(19-12)10-17-14-4-2-3-5-15(14)18-9-8-16-11-18/h2-9,11,17H,10H2,1H3. The molecule has 0 aliphatic heterocycles. The molecule has 1 aromatic carbocycles. The van der Waals surface area contributed by atoms with Gasteiger partial charge in [0.15, 0.2) is 0 Å². The summed E-state index contributed by atoms with van der Waals surface area (Å²) in [5.41, 5.74) is 2.24. The monoisotopic (exact) mass is 269 g/mol. The Morgan fingerprint density at radius 3 is 2.84 bits per heavy atom. The Kier molecular flexibility index (Phi) is 3.33. The molecule has 0 saturated heterocycles. The molecule has 0 fully saturated rings. The van der Waals surface area contributed by atoms with Crippen LogP contribution in [0.2, 0.25) is 0 Å². The van der Waals surface area contributed by atoms with Crippen molar-refractivity contribution in [1.82, 2.24) is 9.55 Å². The summed E-state index contributed by atoms with van der Waals surface area (Å²) in [7, 11) is 0. The van der Waals surface area contributed by atoms with Gasteiger partial charge in [-0.2, -0.15) is 0 Å². The van der Waals surface area contributed by atoms with Crippen molar-refractivity contribution in [3.8, 4) is 5.69 Å². The Bertz CT molecular complexity index is 656. The summed E-state index contributed by atoms with van der Waals surface area (Å²) in [6.07, 6.45) is 5.56. The molecular weight excluding hydrogens is 254 g/mol. The number of rotatable bonds is 4. The molecule has 96 valence electrons. The van der Waals surface area contributed by atoms with E-state index < -0.39 is 0 Å². The van der Waals surface area contributed by atoms with Crippen molar-refractivity contribution in [1.29, 1.82) is 0 Å². The minimum absolute atomic E-state index is 0.851. The van der Waals surface area contributed by atoms with Crippen molar-refractivity contribution in [3.05, 3.63) is 64.9 Å². The van der Waals surface area contributed by atoms with Gasteiger partial charge in [0.25, 0.3) is 0 Å². The van der Waals surface area contributed by atoms with Crippen LogP contribution in [0.5, 0.6) is 0 Å². The Balaban J connectivity index is 1.81. The number of nitrogens with zero attached hydrogens (tertiary/aromatic N) is 2. The Hall–Kier alpha value is -2.07. The maximum atomic E-state index is 4.10. The van der Waals surface area contributed by atoms with Gasteiger partial charge in [0.2, 0.25) is 0 Å². The Labute approximate surface area is 116 Å². The van der Waals surface area contributed by atoms with Crippen molar-refractivity contribution in [3.63, 3.8) is 0 Å². The predicted octanol–water partition coefficient (Wildman–Crippen LogP) is 3.85. The molecule has 3 aromatic rings. The summed E-state index contributed by atoms with van der Waals surface area (Å²) >= 11 is 1.83. The van der Waals surface area contributed by atoms with Crippen molar-refractivity contribution in [2.45, 2.75) is 13.5 Å². The molecule has 0 bridgehead atoms. The first-order valence-corrected chi connectivity index (χ1v) is 7.01. The van der Waals surface area contributed by atoms with E-state index in [-0.39, 0.29) is 0 Å². The minimum atomic E-state index is 0.851. The van der Waals surface area contributed by atoms with Crippen LogP contribution in [-0.4, -0.2) is 9.55 Å². The van der Waals surface area contributed by atoms with Gasteiger partial charge in [0.1, 0.15) is 0 Å². The third-order valence-electron chi connectivity index (χ3n) is 2.94. The molecule has 0 spiro atoms. The number of hydrogen-bond acceptors (Lipinski definition) is 3. The molecule has 3 rings (SSSR count). The van der Waals surface area contributed by atoms with Crippen LogP contribution in [0.3, 0.4) is 0 Å². The number of para-hydroxylation sites is 2. The highest BCUT2D eigenvalue weighted by Gasteiger charge is 2.03. The number of nitrogens with one attached hydrogen (secondary N) is 1. The highest BCUT2D eigenvalue weighted by atomic mass is 32.1. The van der Waals surface area contributed by atoms with E-state index in [9.17, 15) is 0 Å². The smallest absolute Gasteiger partial charge is 0.0992 e. The van der Waals surface area contributed by atoms with Crippen LogP contribution in [0.25, 0.3) is 5.69 Å². The number of anilines is 1. The van der Waals surface area contributed by atoms with Crippen molar-refractivity contribution in [2.24, 2.45) is 0 Å². The van der Waals surface area contributed by atoms with Crippen LogP contribution >= 0.6 is 11.3 Å². The summed E-state index contributed by atoms with van der Waals surface area (Å²) in [5.74, 6) is 0. The van der Waals surface area contributed by atoms with Crippen LogP contribution in [0, 0.1) is 6.92 Å². The summed E-state index contributed by atoms with van der Waals surface area (Å²) in [6, 6.07) is 12.6. The first kappa shape index (κ1) is 12.0.